The predicted molar refractivity (Wildman–Crippen MR) is 93.7 cm³/mol. The van der Waals surface area contributed by atoms with Gasteiger partial charge in [-0.05, 0) is 18.1 Å². The third-order valence-corrected chi connectivity index (χ3v) is 4.01. The van der Waals surface area contributed by atoms with Crippen LogP contribution in [0.25, 0.3) is 22.2 Å². The predicted octanol–water partition coefficient (Wildman–Crippen LogP) is 2.67. The molecule has 1 heterocycles. The van der Waals surface area contributed by atoms with Gasteiger partial charge in [0.15, 0.2) is 11.4 Å². The van der Waals surface area contributed by atoms with E-state index in [9.17, 15) is 14.9 Å². The van der Waals surface area contributed by atoms with Crippen molar-refractivity contribution in [2.75, 3.05) is 13.1 Å². The van der Waals surface area contributed by atoms with Gasteiger partial charge in [-0.1, -0.05) is 30.3 Å². The summed E-state index contributed by atoms with van der Waals surface area (Å²) in [7, 11) is 0. The number of nitrogens with one attached hydrogen (secondary N) is 1. The second kappa shape index (κ2) is 7.35. The molecule has 0 unspecified atom stereocenters. The Hall–Kier alpha value is -3.57. The molecule has 2 aromatic carbocycles. The number of aromatic nitrogens is 1. The topological polar surface area (TPSA) is 116 Å². The van der Waals surface area contributed by atoms with E-state index < -0.39 is 24.1 Å². The lowest BCUT2D eigenvalue weighted by Crippen LogP contribution is -2.28. The van der Waals surface area contributed by atoms with E-state index in [0.717, 1.165) is 0 Å². The smallest absolute Gasteiger partial charge is 0.317 e. The van der Waals surface area contributed by atoms with Crippen molar-refractivity contribution in [3.63, 3.8) is 0 Å². The summed E-state index contributed by atoms with van der Waals surface area (Å²) in [4.78, 5) is 26.6. The van der Waals surface area contributed by atoms with Gasteiger partial charge in [0.1, 0.15) is 11.6 Å². The van der Waals surface area contributed by atoms with Crippen molar-refractivity contribution in [1.29, 1.82) is 5.26 Å². The van der Waals surface area contributed by atoms with Crippen LogP contribution in [0.3, 0.4) is 0 Å². The number of benzene rings is 2. The molecule has 0 amide bonds. The summed E-state index contributed by atoms with van der Waals surface area (Å²) in [5.41, 5.74) is 0.972. The minimum Gasteiger partial charge on any atom is -0.480 e. The standard InChI is InChI=1S/C19H14FN3O4/c1-10-12(7-21)17-18(16(20)15(10)11-5-3-2-4-6-11)27-19(23-17)13(24)8-22-9-14(25)26/h2-6,22H,8-9H2,1H3,(H,25,26). The summed E-state index contributed by atoms with van der Waals surface area (Å²) >= 11 is 0. The Morgan fingerprint density at radius 3 is 2.63 bits per heavy atom. The number of rotatable bonds is 6. The summed E-state index contributed by atoms with van der Waals surface area (Å²) in [6.07, 6.45) is 0. The van der Waals surface area contributed by atoms with E-state index in [1.54, 1.807) is 37.3 Å². The number of ketones is 1. The lowest BCUT2D eigenvalue weighted by Gasteiger charge is -2.09. The Morgan fingerprint density at radius 1 is 1.30 bits per heavy atom. The van der Waals surface area contributed by atoms with Gasteiger partial charge in [-0.3, -0.25) is 14.9 Å². The number of nitriles is 1. The third-order valence-electron chi connectivity index (χ3n) is 4.01. The molecule has 3 rings (SSSR count). The number of hydrogen-bond acceptors (Lipinski definition) is 6. The second-order valence-electron chi connectivity index (χ2n) is 5.78. The lowest BCUT2D eigenvalue weighted by molar-refractivity contribution is -0.135. The molecule has 0 saturated carbocycles. The van der Waals surface area contributed by atoms with Crippen molar-refractivity contribution >= 4 is 22.9 Å². The van der Waals surface area contributed by atoms with Gasteiger partial charge in [-0.25, -0.2) is 9.37 Å². The van der Waals surface area contributed by atoms with Crippen molar-refractivity contribution in [2.24, 2.45) is 0 Å². The minimum absolute atomic E-state index is 0.0336. The zero-order valence-corrected chi connectivity index (χ0v) is 14.2. The monoisotopic (exact) mass is 367 g/mol. The maximum atomic E-state index is 15.1. The first-order valence-corrected chi connectivity index (χ1v) is 7.97. The highest BCUT2D eigenvalue weighted by Gasteiger charge is 2.25. The summed E-state index contributed by atoms with van der Waals surface area (Å²) in [6, 6.07) is 10.7. The number of aliphatic carboxylic acids is 1. The van der Waals surface area contributed by atoms with E-state index in [2.05, 4.69) is 10.3 Å². The van der Waals surface area contributed by atoms with E-state index in [-0.39, 0.29) is 34.7 Å². The molecular formula is C19H14FN3O4. The van der Waals surface area contributed by atoms with Gasteiger partial charge in [-0.2, -0.15) is 5.26 Å². The number of fused-ring (bicyclic) bond motifs is 1. The molecule has 0 spiro atoms. The molecule has 136 valence electrons. The number of hydrogen-bond donors (Lipinski definition) is 2. The zero-order valence-electron chi connectivity index (χ0n) is 14.2. The Labute approximate surface area is 153 Å². The maximum Gasteiger partial charge on any atom is 0.317 e. The Balaban J connectivity index is 2.11. The van der Waals surface area contributed by atoms with Gasteiger partial charge in [0, 0.05) is 5.56 Å². The number of carbonyl (C=O) groups excluding carboxylic acids is 1. The SMILES string of the molecule is Cc1c(-c2ccccc2)c(F)c2oc(C(=O)CNCC(=O)O)nc2c1C#N. The minimum atomic E-state index is -1.12. The van der Waals surface area contributed by atoms with Gasteiger partial charge >= 0.3 is 5.97 Å². The van der Waals surface area contributed by atoms with Gasteiger partial charge in [0.25, 0.3) is 5.89 Å². The first-order chi connectivity index (χ1) is 12.9. The number of nitrogens with zero attached hydrogens (tertiary/aromatic N) is 2. The molecule has 0 aliphatic rings. The Kier molecular flexibility index (Phi) is 4.96. The van der Waals surface area contributed by atoms with Crippen LogP contribution in [0.15, 0.2) is 34.7 Å². The van der Waals surface area contributed by atoms with E-state index in [0.29, 0.717) is 11.1 Å². The number of carboxylic acid groups (broad SMARTS) is 1. The first kappa shape index (κ1) is 18.2. The van der Waals surface area contributed by atoms with Crippen LogP contribution in [-0.4, -0.2) is 34.9 Å². The number of halogens is 1. The first-order valence-electron chi connectivity index (χ1n) is 7.97. The van der Waals surface area contributed by atoms with Gasteiger partial charge in [0.05, 0.1) is 18.7 Å². The highest BCUT2D eigenvalue weighted by molar-refractivity contribution is 5.98. The lowest BCUT2D eigenvalue weighted by atomic mass is 9.95. The highest BCUT2D eigenvalue weighted by Crippen LogP contribution is 2.35. The van der Waals surface area contributed by atoms with Crippen LogP contribution in [0.5, 0.6) is 0 Å². The Morgan fingerprint density at radius 2 is 2.00 bits per heavy atom. The van der Waals surface area contributed by atoms with Crippen LogP contribution in [0.4, 0.5) is 4.39 Å². The average Bonchev–Trinajstić information content (AvgIpc) is 3.08. The summed E-state index contributed by atoms with van der Waals surface area (Å²) < 4.78 is 20.4. The van der Waals surface area contributed by atoms with E-state index in [1.807, 2.05) is 6.07 Å². The summed E-state index contributed by atoms with van der Waals surface area (Å²) in [6.45, 7) is 0.849. The van der Waals surface area contributed by atoms with Crippen molar-refractivity contribution in [2.45, 2.75) is 6.92 Å². The third kappa shape index (κ3) is 3.41. The maximum absolute atomic E-state index is 15.1. The number of Topliss-reactive ketones (excluding diaryl/α,β-unsaturated/α-hetero) is 1. The molecule has 3 aromatic rings. The molecular weight excluding hydrogens is 353 g/mol. The molecule has 0 saturated heterocycles. The van der Waals surface area contributed by atoms with Crippen LogP contribution >= 0.6 is 0 Å². The largest absolute Gasteiger partial charge is 0.480 e. The highest BCUT2D eigenvalue weighted by atomic mass is 19.1. The summed E-state index contributed by atoms with van der Waals surface area (Å²) in [5.74, 6) is -2.86. The van der Waals surface area contributed by atoms with Crippen molar-refractivity contribution in [1.82, 2.24) is 10.3 Å². The molecule has 0 aliphatic carbocycles. The van der Waals surface area contributed by atoms with Crippen molar-refractivity contribution in [3.05, 3.63) is 53.2 Å². The molecule has 0 aliphatic heterocycles. The van der Waals surface area contributed by atoms with Gasteiger partial charge < -0.3 is 9.52 Å². The molecule has 1 aromatic heterocycles. The van der Waals surface area contributed by atoms with Crippen LogP contribution in [0.2, 0.25) is 0 Å². The van der Waals surface area contributed by atoms with Crippen LogP contribution < -0.4 is 5.32 Å². The van der Waals surface area contributed by atoms with Crippen LogP contribution in [0, 0.1) is 24.1 Å². The summed E-state index contributed by atoms with van der Waals surface area (Å²) in [5, 5.41) is 20.5. The Bertz CT molecular complexity index is 1080. The fourth-order valence-electron chi connectivity index (χ4n) is 2.78. The molecule has 7 nitrogen and oxygen atoms in total. The van der Waals surface area contributed by atoms with E-state index in [1.165, 1.54) is 0 Å². The molecule has 2 N–H and O–H groups in total. The van der Waals surface area contributed by atoms with Gasteiger partial charge in [-0.15, -0.1) is 0 Å². The fourth-order valence-corrected chi connectivity index (χ4v) is 2.78. The molecule has 0 atom stereocenters. The normalized spacial score (nSPS) is 10.7. The molecule has 0 radical (unpaired) electrons. The van der Waals surface area contributed by atoms with E-state index >= 15 is 4.39 Å². The zero-order chi connectivity index (χ0) is 19.6. The van der Waals surface area contributed by atoms with E-state index in [4.69, 9.17) is 9.52 Å². The second-order valence-corrected chi connectivity index (χ2v) is 5.78. The average molecular weight is 367 g/mol. The van der Waals surface area contributed by atoms with Gasteiger partial charge in [0.2, 0.25) is 5.78 Å². The quantitative estimate of drug-likeness (QED) is 0.643. The molecule has 27 heavy (non-hydrogen) atoms. The molecule has 0 bridgehead atoms. The van der Waals surface area contributed by atoms with Crippen LogP contribution in [0.1, 0.15) is 21.8 Å². The molecule has 8 heteroatoms. The fraction of sp³-hybridized carbons (Fsp3) is 0.158. The number of carbonyl (C=O) groups is 2. The number of carboxylic acids is 1. The number of oxazole rings is 1. The van der Waals surface area contributed by atoms with Crippen LogP contribution in [-0.2, 0) is 4.79 Å². The van der Waals surface area contributed by atoms with Crippen molar-refractivity contribution < 1.29 is 23.5 Å². The van der Waals surface area contributed by atoms with Crippen molar-refractivity contribution in [3.8, 4) is 17.2 Å². The molecule has 0 fully saturated rings.